The second-order valence-corrected chi connectivity index (χ2v) is 4.22. The molecule has 2 rings (SSSR count). The molecular formula is C13H15FN2O. The lowest BCUT2D eigenvalue weighted by Crippen LogP contribution is -2.12. The molecule has 1 heterocycles. The van der Waals surface area contributed by atoms with Crippen LogP contribution in [0.1, 0.15) is 18.4 Å². The minimum atomic E-state index is -0.521. The molecule has 1 fully saturated rings. The highest BCUT2D eigenvalue weighted by Gasteiger charge is 2.15. The fourth-order valence-electron chi connectivity index (χ4n) is 2.03. The van der Waals surface area contributed by atoms with Crippen molar-refractivity contribution in [2.24, 2.45) is 5.92 Å². The molecule has 0 spiro atoms. The Morgan fingerprint density at radius 2 is 2.41 bits per heavy atom. The summed E-state index contributed by atoms with van der Waals surface area (Å²) in [6, 6.07) is 6.29. The van der Waals surface area contributed by atoms with Crippen LogP contribution in [0.4, 0.5) is 4.39 Å². The third-order valence-electron chi connectivity index (χ3n) is 3.03. The van der Waals surface area contributed by atoms with E-state index >= 15 is 0 Å². The summed E-state index contributed by atoms with van der Waals surface area (Å²) in [6.45, 7) is 2.62. The lowest BCUT2D eigenvalue weighted by Gasteiger charge is -2.11. The van der Waals surface area contributed by atoms with E-state index in [0.717, 1.165) is 25.9 Å². The summed E-state index contributed by atoms with van der Waals surface area (Å²) in [4.78, 5) is 0. The minimum absolute atomic E-state index is 0.00273. The van der Waals surface area contributed by atoms with Crippen LogP contribution >= 0.6 is 0 Å². The number of halogens is 1. The van der Waals surface area contributed by atoms with Gasteiger partial charge in [0.25, 0.3) is 0 Å². The Kier molecular flexibility index (Phi) is 3.94. The SMILES string of the molecule is N#Cc1c(F)cccc1OCCC1CCNC1. The van der Waals surface area contributed by atoms with Gasteiger partial charge in [0.2, 0.25) is 0 Å². The molecule has 0 bridgehead atoms. The van der Waals surface area contributed by atoms with Gasteiger partial charge in [-0.25, -0.2) is 4.39 Å². The van der Waals surface area contributed by atoms with Gasteiger partial charge in [-0.1, -0.05) is 6.07 Å². The zero-order chi connectivity index (χ0) is 12.1. The summed E-state index contributed by atoms with van der Waals surface area (Å²) in [6.07, 6.45) is 2.10. The maximum Gasteiger partial charge on any atom is 0.144 e. The highest BCUT2D eigenvalue weighted by atomic mass is 19.1. The van der Waals surface area contributed by atoms with Crippen LogP contribution in [0.2, 0.25) is 0 Å². The first-order valence-electron chi connectivity index (χ1n) is 5.83. The lowest BCUT2D eigenvalue weighted by atomic mass is 10.1. The Morgan fingerprint density at radius 1 is 1.53 bits per heavy atom. The molecule has 1 saturated heterocycles. The van der Waals surface area contributed by atoms with Gasteiger partial charge in [0.05, 0.1) is 6.61 Å². The van der Waals surface area contributed by atoms with Crippen molar-refractivity contribution in [2.45, 2.75) is 12.8 Å². The Morgan fingerprint density at radius 3 is 3.12 bits per heavy atom. The van der Waals surface area contributed by atoms with E-state index in [4.69, 9.17) is 10.00 Å². The molecule has 3 nitrogen and oxygen atoms in total. The van der Waals surface area contributed by atoms with Crippen molar-refractivity contribution in [3.8, 4) is 11.8 Å². The maximum atomic E-state index is 13.3. The highest BCUT2D eigenvalue weighted by molar-refractivity contribution is 5.43. The largest absolute Gasteiger partial charge is 0.492 e. The molecule has 0 amide bonds. The van der Waals surface area contributed by atoms with E-state index in [1.165, 1.54) is 6.07 Å². The van der Waals surface area contributed by atoms with Gasteiger partial charge in [-0.15, -0.1) is 0 Å². The minimum Gasteiger partial charge on any atom is -0.492 e. The Hall–Kier alpha value is -1.60. The molecule has 0 aromatic heterocycles. The normalized spacial score (nSPS) is 18.9. The van der Waals surface area contributed by atoms with E-state index in [9.17, 15) is 4.39 Å². The van der Waals surface area contributed by atoms with Gasteiger partial charge >= 0.3 is 0 Å². The zero-order valence-electron chi connectivity index (χ0n) is 9.58. The summed E-state index contributed by atoms with van der Waals surface area (Å²) < 4.78 is 18.7. The van der Waals surface area contributed by atoms with Crippen molar-refractivity contribution < 1.29 is 9.13 Å². The molecule has 0 saturated carbocycles. The van der Waals surface area contributed by atoms with Crippen molar-refractivity contribution in [3.05, 3.63) is 29.6 Å². The number of nitrogens with one attached hydrogen (secondary N) is 1. The predicted molar refractivity (Wildman–Crippen MR) is 62.2 cm³/mol. The fourth-order valence-corrected chi connectivity index (χ4v) is 2.03. The first-order valence-corrected chi connectivity index (χ1v) is 5.83. The van der Waals surface area contributed by atoms with E-state index in [-0.39, 0.29) is 5.56 Å². The molecule has 1 aromatic rings. The van der Waals surface area contributed by atoms with Crippen molar-refractivity contribution in [3.63, 3.8) is 0 Å². The number of ether oxygens (including phenoxy) is 1. The van der Waals surface area contributed by atoms with Crippen LogP contribution in [0.15, 0.2) is 18.2 Å². The van der Waals surface area contributed by atoms with E-state index in [1.54, 1.807) is 12.1 Å². The third-order valence-corrected chi connectivity index (χ3v) is 3.03. The van der Waals surface area contributed by atoms with E-state index in [2.05, 4.69) is 5.32 Å². The summed E-state index contributed by atoms with van der Waals surface area (Å²) in [5.41, 5.74) is -0.00273. The van der Waals surface area contributed by atoms with Crippen LogP contribution in [0, 0.1) is 23.1 Å². The molecule has 1 unspecified atom stereocenters. The van der Waals surface area contributed by atoms with E-state index < -0.39 is 5.82 Å². The number of hydrogen-bond donors (Lipinski definition) is 1. The number of nitriles is 1. The van der Waals surface area contributed by atoms with Crippen LogP contribution in [-0.2, 0) is 0 Å². The fraction of sp³-hybridized carbons (Fsp3) is 0.462. The van der Waals surface area contributed by atoms with Crippen LogP contribution in [-0.4, -0.2) is 19.7 Å². The van der Waals surface area contributed by atoms with Crippen molar-refractivity contribution in [2.75, 3.05) is 19.7 Å². The Labute approximate surface area is 100 Å². The second kappa shape index (κ2) is 5.65. The first kappa shape index (κ1) is 11.9. The van der Waals surface area contributed by atoms with Crippen LogP contribution in [0.25, 0.3) is 0 Å². The number of rotatable bonds is 4. The predicted octanol–water partition coefficient (Wildman–Crippen LogP) is 2.08. The standard InChI is InChI=1S/C13H15FN2O/c14-12-2-1-3-13(11(12)8-15)17-7-5-10-4-6-16-9-10/h1-3,10,16H,4-7,9H2. The van der Waals surface area contributed by atoms with E-state index in [0.29, 0.717) is 18.3 Å². The van der Waals surface area contributed by atoms with Crippen molar-refractivity contribution in [1.82, 2.24) is 5.32 Å². The maximum absolute atomic E-state index is 13.3. The quantitative estimate of drug-likeness (QED) is 0.867. The number of benzene rings is 1. The summed E-state index contributed by atoms with van der Waals surface area (Å²) in [7, 11) is 0. The van der Waals surface area contributed by atoms with Gasteiger partial charge < -0.3 is 10.1 Å². The van der Waals surface area contributed by atoms with Crippen molar-refractivity contribution in [1.29, 1.82) is 5.26 Å². The molecule has 4 heteroatoms. The molecule has 90 valence electrons. The molecule has 1 N–H and O–H groups in total. The van der Waals surface area contributed by atoms with Crippen LogP contribution < -0.4 is 10.1 Å². The molecule has 1 atom stereocenters. The topological polar surface area (TPSA) is 45.0 Å². The van der Waals surface area contributed by atoms with E-state index in [1.807, 2.05) is 6.07 Å². The second-order valence-electron chi connectivity index (χ2n) is 4.22. The van der Waals surface area contributed by atoms with Crippen LogP contribution in [0.5, 0.6) is 5.75 Å². The average molecular weight is 234 g/mol. The van der Waals surface area contributed by atoms with Gasteiger partial charge in [0.15, 0.2) is 0 Å². The van der Waals surface area contributed by atoms with Gasteiger partial charge in [-0.05, 0) is 44.0 Å². The third kappa shape index (κ3) is 2.95. The Bertz CT molecular complexity index is 422. The number of nitrogens with zero attached hydrogens (tertiary/aromatic N) is 1. The summed E-state index contributed by atoms with van der Waals surface area (Å²) in [5, 5.41) is 12.1. The Balaban J connectivity index is 1.90. The number of hydrogen-bond acceptors (Lipinski definition) is 3. The highest BCUT2D eigenvalue weighted by Crippen LogP contribution is 2.21. The monoisotopic (exact) mass is 234 g/mol. The molecular weight excluding hydrogens is 219 g/mol. The molecule has 0 radical (unpaired) electrons. The summed E-state index contributed by atoms with van der Waals surface area (Å²) in [5.74, 6) is 0.458. The van der Waals surface area contributed by atoms with Gasteiger partial charge in [0.1, 0.15) is 23.2 Å². The molecule has 0 aliphatic carbocycles. The van der Waals surface area contributed by atoms with Crippen molar-refractivity contribution >= 4 is 0 Å². The zero-order valence-corrected chi connectivity index (χ0v) is 9.58. The first-order chi connectivity index (χ1) is 8.31. The molecule has 1 aromatic carbocycles. The smallest absolute Gasteiger partial charge is 0.144 e. The van der Waals surface area contributed by atoms with Gasteiger partial charge in [0, 0.05) is 0 Å². The summed E-state index contributed by atoms with van der Waals surface area (Å²) >= 11 is 0. The molecule has 1 aliphatic rings. The van der Waals surface area contributed by atoms with Crippen LogP contribution in [0.3, 0.4) is 0 Å². The molecule has 17 heavy (non-hydrogen) atoms. The average Bonchev–Trinajstić information content (AvgIpc) is 2.82. The van der Waals surface area contributed by atoms with Gasteiger partial charge in [-0.3, -0.25) is 0 Å². The lowest BCUT2D eigenvalue weighted by molar-refractivity contribution is 0.281. The molecule has 1 aliphatic heterocycles. The van der Waals surface area contributed by atoms with Gasteiger partial charge in [-0.2, -0.15) is 5.26 Å².